The van der Waals surface area contributed by atoms with Crippen molar-refractivity contribution in [2.75, 3.05) is 13.1 Å². The molecule has 1 saturated heterocycles. The first-order valence-electron chi connectivity index (χ1n) is 12.3. The lowest BCUT2D eigenvalue weighted by molar-refractivity contribution is 0.0711. The summed E-state index contributed by atoms with van der Waals surface area (Å²) in [5, 5.41) is 3.98. The Kier molecular flexibility index (Phi) is 6.71. The third-order valence-corrected chi connectivity index (χ3v) is 8.52. The number of aryl methyl sites for hydroxylation is 2. The number of aromatic nitrogens is 2. The monoisotopic (exact) mass is 494 g/mol. The van der Waals surface area contributed by atoms with E-state index in [0.29, 0.717) is 24.2 Å². The van der Waals surface area contributed by atoms with E-state index in [9.17, 15) is 13.2 Å². The first kappa shape index (κ1) is 23.7. The third kappa shape index (κ3) is 5.01. The van der Waals surface area contributed by atoms with Gasteiger partial charge in [0, 0.05) is 24.7 Å². The predicted molar refractivity (Wildman–Crippen MR) is 131 cm³/mol. The summed E-state index contributed by atoms with van der Waals surface area (Å²) in [4.78, 5) is 19.0. The fourth-order valence-corrected chi connectivity index (χ4v) is 6.51. The molecule has 1 aliphatic carbocycles. The molecule has 0 bridgehead atoms. The van der Waals surface area contributed by atoms with E-state index < -0.39 is 10.0 Å². The fraction of sp³-hybridized carbons (Fsp3) is 0.423. The Bertz CT molecular complexity index is 1330. The Morgan fingerprint density at radius 3 is 2.63 bits per heavy atom. The van der Waals surface area contributed by atoms with Crippen LogP contribution in [-0.2, 0) is 16.4 Å². The number of amides is 1. The zero-order chi connectivity index (χ0) is 24.4. The van der Waals surface area contributed by atoms with Crippen LogP contribution in [0.15, 0.2) is 51.9 Å². The lowest BCUT2D eigenvalue weighted by Gasteiger charge is -2.26. The first-order chi connectivity index (χ1) is 16.9. The molecule has 184 valence electrons. The average molecular weight is 495 g/mol. The molecule has 3 aromatic rings. The van der Waals surface area contributed by atoms with Crippen LogP contribution >= 0.6 is 0 Å². The summed E-state index contributed by atoms with van der Waals surface area (Å²) < 4.78 is 35.0. The molecule has 1 aromatic heterocycles. The zero-order valence-corrected chi connectivity index (χ0v) is 20.7. The number of hydrogen-bond donors (Lipinski definition) is 1. The molecule has 1 N–H and O–H groups in total. The van der Waals surface area contributed by atoms with Crippen molar-refractivity contribution in [1.82, 2.24) is 19.8 Å². The summed E-state index contributed by atoms with van der Waals surface area (Å²) in [5.74, 6) is -0.144. The maximum atomic E-state index is 13.4. The van der Waals surface area contributed by atoms with E-state index in [4.69, 9.17) is 4.52 Å². The second kappa shape index (κ2) is 9.91. The van der Waals surface area contributed by atoms with Gasteiger partial charge in [0.05, 0.1) is 4.90 Å². The molecule has 2 heterocycles. The molecular formula is C26H30N4O4S. The van der Waals surface area contributed by atoms with Crippen LogP contribution in [0.5, 0.6) is 0 Å². The van der Waals surface area contributed by atoms with E-state index in [0.717, 1.165) is 50.5 Å². The number of benzene rings is 2. The Morgan fingerprint density at radius 1 is 1.06 bits per heavy atom. The normalized spacial score (nSPS) is 18.7. The van der Waals surface area contributed by atoms with Crippen LogP contribution in [0.2, 0.25) is 0 Å². The highest BCUT2D eigenvalue weighted by molar-refractivity contribution is 7.89. The second-order valence-electron chi connectivity index (χ2n) is 9.37. The molecule has 5 rings (SSSR count). The number of nitrogens with one attached hydrogen (secondary N) is 1. The number of fused-ring (bicyclic) bond motifs is 1. The van der Waals surface area contributed by atoms with Crippen LogP contribution in [0.4, 0.5) is 0 Å². The van der Waals surface area contributed by atoms with Crippen molar-refractivity contribution in [3.05, 3.63) is 65.0 Å². The van der Waals surface area contributed by atoms with Crippen LogP contribution in [-0.4, -0.2) is 42.5 Å². The molecule has 2 aliphatic rings. The maximum Gasteiger partial charge on any atom is 0.316 e. The fourth-order valence-electron chi connectivity index (χ4n) is 4.99. The summed E-state index contributed by atoms with van der Waals surface area (Å²) in [7, 11) is -3.81. The second-order valence-corrected chi connectivity index (χ2v) is 11.1. The minimum atomic E-state index is -3.81. The van der Waals surface area contributed by atoms with Gasteiger partial charge in [-0.2, -0.15) is 4.98 Å². The van der Waals surface area contributed by atoms with Crippen molar-refractivity contribution >= 4 is 15.9 Å². The van der Waals surface area contributed by atoms with E-state index in [-0.39, 0.29) is 28.6 Å². The number of sulfonamides is 1. The molecule has 0 radical (unpaired) electrons. The van der Waals surface area contributed by atoms with Gasteiger partial charge in [0.1, 0.15) is 0 Å². The highest BCUT2D eigenvalue weighted by Crippen LogP contribution is 2.32. The lowest BCUT2D eigenvalue weighted by atomic mass is 9.88. The first-order valence-corrected chi connectivity index (χ1v) is 13.7. The summed E-state index contributed by atoms with van der Waals surface area (Å²) in [6.45, 7) is 3.12. The Labute approximate surface area is 205 Å². The van der Waals surface area contributed by atoms with Gasteiger partial charge in [0.15, 0.2) is 0 Å². The summed E-state index contributed by atoms with van der Waals surface area (Å²) >= 11 is 0. The van der Waals surface area contributed by atoms with E-state index in [1.165, 1.54) is 5.56 Å². The largest absolute Gasteiger partial charge is 0.334 e. The Balaban J connectivity index is 1.39. The molecule has 2 aromatic carbocycles. The minimum absolute atomic E-state index is 0.0659. The highest BCUT2D eigenvalue weighted by Gasteiger charge is 2.28. The standard InChI is InChI=1S/C26H30N4O4S/c1-18-13-14-20(24-27-25(34-28-24)26(31)30-15-6-2-3-7-16-30)17-23(18)35(32,33)29-22-12-8-10-19-9-4-5-11-21(19)22/h4-5,9,11,13-14,17,22,29H,2-3,6-8,10,12,15-16H2,1H3. The molecule has 1 aliphatic heterocycles. The molecular weight excluding hydrogens is 464 g/mol. The maximum absolute atomic E-state index is 13.4. The molecule has 0 saturated carbocycles. The number of rotatable bonds is 5. The van der Waals surface area contributed by atoms with Crippen LogP contribution in [0.3, 0.4) is 0 Å². The SMILES string of the molecule is Cc1ccc(-c2noc(C(=O)N3CCCCCC3)n2)cc1S(=O)(=O)NC1CCCc2ccccc21. The average Bonchev–Trinajstić information content (AvgIpc) is 3.19. The number of hydrogen-bond acceptors (Lipinski definition) is 6. The number of nitrogens with zero attached hydrogens (tertiary/aromatic N) is 3. The smallest absolute Gasteiger partial charge is 0.316 e. The van der Waals surface area contributed by atoms with Gasteiger partial charge in [-0.05, 0) is 61.8 Å². The van der Waals surface area contributed by atoms with Gasteiger partial charge >= 0.3 is 11.8 Å². The van der Waals surface area contributed by atoms with Gasteiger partial charge in [-0.1, -0.05) is 54.4 Å². The van der Waals surface area contributed by atoms with Crippen molar-refractivity contribution < 1.29 is 17.7 Å². The van der Waals surface area contributed by atoms with Crippen LogP contribution in [0.1, 0.15) is 71.9 Å². The van der Waals surface area contributed by atoms with Crippen molar-refractivity contribution in [1.29, 1.82) is 0 Å². The topological polar surface area (TPSA) is 105 Å². The molecule has 8 nitrogen and oxygen atoms in total. The summed E-state index contributed by atoms with van der Waals surface area (Å²) in [6.07, 6.45) is 6.79. The third-order valence-electron chi connectivity index (χ3n) is 6.90. The number of carbonyl (C=O) groups is 1. The Hall–Kier alpha value is -3.04. The van der Waals surface area contributed by atoms with E-state index in [2.05, 4.69) is 20.9 Å². The molecule has 1 fully saturated rings. The molecule has 1 atom stereocenters. The van der Waals surface area contributed by atoms with Gasteiger partial charge in [-0.3, -0.25) is 4.79 Å². The van der Waals surface area contributed by atoms with Crippen LogP contribution in [0, 0.1) is 6.92 Å². The van der Waals surface area contributed by atoms with Crippen molar-refractivity contribution in [3.8, 4) is 11.4 Å². The summed E-state index contributed by atoms with van der Waals surface area (Å²) in [5.41, 5.74) is 3.32. The van der Waals surface area contributed by atoms with Crippen molar-refractivity contribution in [2.45, 2.75) is 62.8 Å². The number of likely N-dealkylation sites (tertiary alicyclic amines) is 1. The zero-order valence-electron chi connectivity index (χ0n) is 19.9. The number of carbonyl (C=O) groups excluding carboxylic acids is 1. The molecule has 0 spiro atoms. The molecule has 35 heavy (non-hydrogen) atoms. The Morgan fingerprint density at radius 2 is 1.83 bits per heavy atom. The van der Waals surface area contributed by atoms with E-state index in [1.54, 1.807) is 30.0 Å². The van der Waals surface area contributed by atoms with Crippen molar-refractivity contribution in [3.63, 3.8) is 0 Å². The van der Waals surface area contributed by atoms with Gasteiger partial charge in [0.2, 0.25) is 15.8 Å². The van der Waals surface area contributed by atoms with Gasteiger partial charge in [-0.15, -0.1) is 0 Å². The molecule has 1 amide bonds. The van der Waals surface area contributed by atoms with Crippen LogP contribution in [0.25, 0.3) is 11.4 Å². The predicted octanol–water partition coefficient (Wildman–Crippen LogP) is 4.42. The molecule has 1 unspecified atom stereocenters. The van der Waals surface area contributed by atoms with E-state index >= 15 is 0 Å². The van der Waals surface area contributed by atoms with Gasteiger partial charge < -0.3 is 9.42 Å². The van der Waals surface area contributed by atoms with Gasteiger partial charge in [-0.25, -0.2) is 13.1 Å². The quantitative estimate of drug-likeness (QED) is 0.563. The minimum Gasteiger partial charge on any atom is -0.334 e. The van der Waals surface area contributed by atoms with Crippen LogP contribution < -0.4 is 4.72 Å². The van der Waals surface area contributed by atoms with Gasteiger partial charge in [0.25, 0.3) is 0 Å². The summed E-state index contributed by atoms with van der Waals surface area (Å²) in [6, 6.07) is 12.7. The van der Waals surface area contributed by atoms with Crippen molar-refractivity contribution in [2.24, 2.45) is 0 Å². The highest BCUT2D eigenvalue weighted by atomic mass is 32.2. The van der Waals surface area contributed by atoms with E-state index in [1.807, 2.05) is 18.2 Å². The lowest BCUT2D eigenvalue weighted by Crippen LogP contribution is -2.32. The molecule has 9 heteroatoms.